The Bertz CT molecular complexity index is 319. The quantitative estimate of drug-likeness (QED) is 0.765. The maximum Gasteiger partial charge on any atom is 0.230 e. The maximum absolute atomic E-state index is 11.2. The van der Waals surface area contributed by atoms with Gasteiger partial charge in [0.1, 0.15) is 5.15 Å². The molecule has 14 heavy (non-hydrogen) atoms. The van der Waals surface area contributed by atoms with Gasteiger partial charge in [-0.25, -0.2) is 9.97 Å². The Morgan fingerprint density at radius 3 is 3.14 bits per heavy atom. The fraction of sp³-hybridized carbons (Fsp3) is 0.375. The number of ether oxygens (including phenoxy) is 1. The molecule has 0 saturated carbocycles. The highest BCUT2D eigenvalue weighted by Crippen LogP contribution is 2.05. The molecule has 0 fully saturated rings. The van der Waals surface area contributed by atoms with E-state index in [0.29, 0.717) is 11.8 Å². The first-order chi connectivity index (χ1) is 6.72. The third kappa shape index (κ3) is 3.68. The number of anilines is 1. The number of carbonyl (C=O) groups excluding carboxylic acids is 1. The summed E-state index contributed by atoms with van der Waals surface area (Å²) in [5, 5.41) is 2.79. The zero-order chi connectivity index (χ0) is 10.4. The molecule has 0 saturated heterocycles. The van der Waals surface area contributed by atoms with Crippen LogP contribution in [0, 0.1) is 0 Å². The summed E-state index contributed by atoms with van der Waals surface area (Å²) in [6.45, 7) is 0.367. The van der Waals surface area contributed by atoms with Gasteiger partial charge >= 0.3 is 0 Å². The first kappa shape index (κ1) is 10.9. The van der Waals surface area contributed by atoms with E-state index >= 15 is 0 Å². The normalized spacial score (nSPS) is 9.86. The third-order valence-electron chi connectivity index (χ3n) is 1.41. The predicted molar refractivity (Wildman–Crippen MR) is 52.2 cm³/mol. The van der Waals surface area contributed by atoms with Crippen LogP contribution in [0.2, 0.25) is 5.15 Å². The number of hydrogen-bond donors (Lipinski definition) is 1. The highest BCUT2D eigenvalue weighted by Gasteiger charge is 2.03. The zero-order valence-electron chi connectivity index (χ0n) is 7.66. The average Bonchev–Trinajstić information content (AvgIpc) is 2.15. The molecule has 0 bridgehead atoms. The molecule has 0 aliphatic carbocycles. The third-order valence-corrected chi connectivity index (χ3v) is 1.62. The van der Waals surface area contributed by atoms with E-state index < -0.39 is 0 Å². The van der Waals surface area contributed by atoms with E-state index in [4.69, 9.17) is 16.3 Å². The van der Waals surface area contributed by atoms with E-state index in [1.165, 1.54) is 19.4 Å². The van der Waals surface area contributed by atoms with Crippen LogP contribution in [-0.4, -0.2) is 29.6 Å². The Morgan fingerprint density at radius 1 is 1.71 bits per heavy atom. The number of halogens is 1. The van der Waals surface area contributed by atoms with E-state index in [1.54, 1.807) is 0 Å². The molecule has 1 heterocycles. The fourth-order valence-electron chi connectivity index (χ4n) is 0.779. The number of methoxy groups -OCH3 is 1. The molecule has 1 rings (SSSR count). The second kappa shape index (κ2) is 5.51. The lowest BCUT2D eigenvalue weighted by Gasteiger charge is -2.02. The van der Waals surface area contributed by atoms with Gasteiger partial charge in [-0.15, -0.1) is 0 Å². The van der Waals surface area contributed by atoms with E-state index in [2.05, 4.69) is 15.3 Å². The zero-order valence-corrected chi connectivity index (χ0v) is 8.41. The summed E-state index contributed by atoms with van der Waals surface area (Å²) in [6, 6.07) is 1.53. The van der Waals surface area contributed by atoms with Crippen LogP contribution in [0.4, 0.5) is 5.95 Å². The molecular weight excluding hydrogens is 206 g/mol. The van der Waals surface area contributed by atoms with Crippen molar-refractivity contribution < 1.29 is 9.53 Å². The van der Waals surface area contributed by atoms with Crippen molar-refractivity contribution in [1.29, 1.82) is 0 Å². The summed E-state index contributed by atoms with van der Waals surface area (Å²) >= 11 is 5.61. The lowest BCUT2D eigenvalue weighted by Crippen LogP contribution is -2.15. The van der Waals surface area contributed by atoms with Crippen LogP contribution in [0.15, 0.2) is 12.3 Å². The van der Waals surface area contributed by atoms with Gasteiger partial charge in [-0.2, -0.15) is 0 Å². The molecule has 0 atom stereocenters. The van der Waals surface area contributed by atoms with Gasteiger partial charge < -0.3 is 4.74 Å². The van der Waals surface area contributed by atoms with Crippen LogP contribution in [0.5, 0.6) is 0 Å². The molecule has 0 unspecified atom stereocenters. The van der Waals surface area contributed by atoms with Gasteiger partial charge in [-0.3, -0.25) is 10.1 Å². The van der Waals surface area contributed by atoms with Crippen molar-refractivity contribution in [3.63, 3.8) is 0 Å². The van der Waals surface area contributed by atoms with Gasteiger partial charge in [0, 0.05) is 13.3 Å². The van der Waals surface area contributed by atoms with Gasteiger partial charge in [0.25, 0.3) is 0 Å². The van der Waals surface area contributed by atoms with Crippen LogP contribution in [0.1, 0.15) is 6.42 Å². The standard InChI is InChI=1S/C8H10ClN3O2/c1-14-5-3-7(13)12-8-10-4-2-6(9)11-8/h2,4H,3,5H2,1H3,(H,10,11,12,13). The number of nitrogens with zero attached hydrogens (tertiary/aromatic N) is 2. The van der Waals surface area contributed by atoms with Gasteiger partial charge in [0.15, 0.2) is 0 Å². The fourth-order valence-corrected chi connectivity index (χ4v) is 0.915. The molecule has 0 spiro atoms. The van der Waals surface area contributed by atoms with Crippen LogP contribution in [0.25, 0.3) is 0 Å². The van der Waals surface area contributed by atoms with Crippen molar-refractivity contribution in [3.8, 4) is 0 Å². The van der Waals surface area contributed by atoms with Gasteiger partial charge in [0.2, 0.25) is 11.9 Å². The maximum atomic E-state index is 11.2. The number of aromatic nitrogens is 2. The second-order valence-electron chi connectivity index (χ2n) is 2.49. The lowest BCUT2D eigenvalue weighted by molar-refractivity contribution is -0.117. The SMILES string of the molecule is COCCC(=O)Nc1nccc(Cl)n1. The first-order valence-corrected chi connectivity index (χ1v) is 4.37. The minimum absolute atomic E-state index is 0.200. The number of carbonyl (C=O) groups is 1. The van der Waals surface area contributed by atoms with Gasteiger partial charge in [0.05, 0.1) is 13.0 Å². The van der Waals surface area contributed by atoms with Crippen molar-refractivity contribution >= 4 is 23.5 Å². The Kier molecular flexibility index (Phi) is 4.28. The Balaban J connectivity index is 2.47. The largest absolute Gasteiger partial charge is 0.384 e. The van der Waals surface area contributed by atoms with E-state index in [0.717, 1.165) is 0 Å². The molecule has 1 aromatic rings. The van der Waals surface area contributed by atoms with Crippen LogP contribution in [-0.2, 0) is 9.53 Å². The van der Waals surface area contributed by atoms with E-state index in [9.17, 15) is 4.79 Å². The highest BCUT2D eigenvalue weighted by atomic mass is 35.5. The highest BCUT2D eigenvalue weighted by molar-refractivity contribution is 6.29. The van der Waals surface area contributed by atoms with Crippen molar-refractivity contribution in [2.75, 3.05) is 19.0 Å². The smallest absolute Gasteiger partial charge is 0.230 e. The Morgan fingerprint density at radius 2 is 2.50 bits per heavy atom. The predicted octanol–water partition coefficient (Wildman–Crippen LogP) is 1.10. The molecule has 1 N–H and O–H groups in total. The van der Waals surface area contributed by atoms with Crippen LogP contribution < -0.4 is 5.32 Å². The molecule has 0 radical (unpaired) electrons. The number of amides is 1. The molecule has 5 nitrogen and oxygen atoms in total. The summed E-state index contributed by atoms with van der Waals surface area (Å²) in [7, 11) is 1.53. The summed E-state index contributed by atoms with van der Waals surface area (Å²) in [4.78, 5) is 18.8. The van der Waals surface area contributed by atoms with Crippen LogP contribution >= 0.6 is 11.6 Å². The molecule has 0 aliphatic heterocycles. The Hall–Kier alpha value is -1.20. The first-order valence-electron chi connectivity index (χ1n) is 3.99. The number of nitrogens with one attached hydrogen (secondary N) is 1. The molecule has 0 aliphatic rings. The topological polar surface area (TPSA) is 64.1 Å². The Labute approximate surface area is 86.5 Å². The molecule has 0 aromatic carbocycles. The summed E-state index contributed by atoms with van der Waals surface area (Å²) in [5.74, 6) is 0.00715. The lowest BCUT2D eigenvalue weighted by atomic mass is 10.4. The van der Waals surface area contributed by atoms with Crippen molar-refractivity contribution in [2.45, 2.75) is 6.42 Å². The van der Waals surface area contributed by atoms with Gasteiger partial charge in [-0.1, -0.05) is 11.6 Å². The summed E-state index contributed by atoms with van der Waals surface area (Å²) < 4.78 is 4.75. The van der Waals surface area contributed by atoms with Crippen LogP contribution in [0.3, 0.4) is 0 Å². The molecular formula is C8H10ClN3O2. The minimum Gasteiger partial charge on any atom is -0.384 e. The summed E-state index contributed by atoms with van der Waals surface area (Å²) in [6.07, 6.45) is 1.74. The van der Waals surface area contributed by atoms with E-state index in [-0.39, 0.29) is 18.3 Å². The number of rotatable bonds is 4. The minimum atomic E-state index is -0.200. The summed E-state index contributed by atoms with van der Waals surface area (Å²) in [5.41, 5.74) is 0. The van der Waals surface area contributed by atoms with Crippen molar-refractivity contribution in [3.05, 3.63) is 17.4 Å². The molecule has 76 valence electrons. The monoisotopic (exact) mass is 215 g/mol. The molecule has 1 amide bonds. The average molecular weight is 216 g/mol. The van der Waals surface area contributed by atoms with Crippen molar-refractivity contribution in [1.82, 2.24) is 9.97 Å². The second-order valence-corrected chi connectivity index (χ2v) is 2.88. The van der Waals surface area contributed by atoms with Gasteiger partial charge in [-0.05, 0) is 6.07 Å². The molecule has 1 aromatic heterocycles. The van der Waals surface area contributed by atoms with E-state index in [1.807, 2.05) is 0 Å². The molecule has 6 heteroatoms. The number of hydrogen-bond acceptors (Lipinski definition) is 4. The van der Waals surface area contributed by atoms with Crippen molar-refractivity contribution in [2.24, 2.45) is 0 Å².